The molecule has 0 aliphatic carbocycles. The summed E-state index contributed by atoms with van der Waals surface area (Å²) >= 11 is 0. The maximum atomic E-state index is 4.46. The van der Waals surface area contributed by atoms with E-state index >= 15 is 0 Å². The summed E-state index contributed by atoms with van der Waals surface area (Å²) in [4.78, 5) is 8.87. The van der Waals surface area contributed by atoms with Gasteiger partial charge in [0.2, 0.25) is 0 Å². The second-order valence-electron chi connectivity index (χ2n) is 4.30. The minimum atomic E-state index is 0.869. The fourth-order valence-corrected chi connectivity index (χ4v) is 2.36. The lowest BCUT2D eigenvalue weighted by Crippen LogP contribution is -2.29. The Morgan fingerprint density at radius 3 is 3.24 bits per heavy atom. The number of hydrogen-bond donors (Lipinski definition) is 1. The molecule has 1 N–H and O–H groups in total. The largest absolute Gasteiger partial charge is 0.335 e. The van der Waals surface area contributed by atoms with Crippen LogP contribution in [0.25, 0.3) is 0 Å². The van der Waals surface area contributed by atoms with Crippen molar-refractivity contribution in [3.63, 3.8) is 0 Å². The number of hydrogen-bond acceptors (Lipinski definition) is 3. The third kappa shape index (κ3) is 1.86. The van der Waals surface area contributed by atoms with Gasteiger partial charge >= 0.3 is 0 Å². The second-order valence-corrected chi connectivity index (χ2v) is 4.30. The van der Waals surface area contributed by atoms with Crippen LogP contribution in [0.4, 0.5) is 0 Å². The molecule has 3 rings (SSSR count). The highest BCUT2D eigenvalue weighted by molar-refractivity contribution is 5.13. The maximum Gasteiger partial charge on any atom is 0.122 e. The van der Waals surface area contributed by atoms with E-state index in [4.69, 9.17) is 0 Å². The fourth-order valence-electron chi connectivity index (χ4n) is 2.36. The van der Waals surface area contributed by atoms with E-state index in [2.05, 4.69) is 31.3 Å². The Hall–Kier alpha value is -1.62. The molecule has 0 fully saturated rings. The maximum absolute atomic E-state index is 4.46. The minimum absolute atomic E-state index is 0.869. The third-order valence-corrected chi connectivity index (χ3v) is 3.30. The second kappa shape index (κ2) is 4.33. The topological polar surface area (TPSA) is 47.7 Å². The molecule has 0 aromatic carbocycles. The lowest BCUT2D eigenvalue weighted by atomic mass is 10.3. The summed E-state index contributed by atoms with van der Waals surface area (Å²) in [7, 11) is 0. The Morgan fingerprint density at radius 2 is 2.35 bits per heavy atom. The molecule has 3 heterocycles. The lowest BCUT2D eigenvalue weighted by molar-refractivity contribution is 0.494. The van der Waals surface area contributed by atoms with Gasteiger partial charge in [-0.1, -0.05) is 0 Å². The number of nitrogens with one attached hydrogen (secondary N) is 1. The molecular weight excluding hydrogens is 214 g/mol. The first kappa shape index (κ1) is 10.5. The Balaban J connectivity index is 1.88. The number of fused-ring (bicyclic) bond motifs is 1. The number of imidazole rings is 2. The average molecular weight is 231 g/mol. The van der Waals surface area contributed by atoms with Gasteiger partial charge in [0.25, 0.3) is 0 Å². The van der Waals surface area contributed by atoms with Gasteiger partial charge in [-0.15, -0.1) is 0 Å². The van der Waals surface area contributed by atoms with E-state index < -0.39 is 0 Å². The highest BCUT2D eigenvalue weighted by Crippen LogP contribution is 2.13. The van der Waals surface area contributed by atoms with Crippen LogP contribution in [0.3, 0.4) is 0 Å². The van der Waals surface area contributed by atoms with Crippen LogP contribution in [0.15, 0.2) is 18.6 Å². The van der Waals surface area contributed by atoms with E-state index in [1.165, 1.54) is 5.69 Å². The van der Waals surface area contributed by atoms with Crippen molar-refractivity contribution in [2.45, 2.75) is 33.0 Å². The Morgan fingerprint density at radius 1 is 1.41 bits per heavy atom. The zero-order valence-electron chi connectivity index (χ0n) is 10.1. The molecule has 0 amide bonds. The van der Waals surface area contributed by atoms with E-state index in [0.29, 0.717) is 0 Å². The van der Waals surface area contributed by atoms with Crippen molar-refractivity contribution in [3.05, 3.63) is 35.9 Å². The van der Waals surface area contributed by atoms with Gasteiger partial charge in [-0.05, 0) is 6.92 Å². The van der Waals surface area contributed by atoms with Crippen molar-refractivity contribution < 1.29 is 0 Å². The van der Waals surface area contributed by atoms with Crippen LogP contribution in [-0.2, 0) is 26.1 Å². The first-order valence-electron chi connectivity index (χ1n) is 6.12. The molecule has 0 spiro atoms. The molecule has 1 aliphatic heterocycles. The molecule has 2 aromatic rings. The molecule has 0 atom stereocenters. The normalized spacial score (nSPS) is 14.9. The molecular formula is C12H17N5. The summed E-state index contributed by atoms with van der Waals surface area (Å²) in [6.07, 6.45) is 6.75. The van der Waals surface area contributed by atoms with Gasteiger partial charge in [0.05, 0.1) is 6.54 Å². The van der Waals surface area contributed by atoms with Gasteiger partial charge in [-0.25, -0.2) is 9.97 Å². The molecule has 5 nitrogen and oxygen atoms in total. The van der Waals surface area contributed by atoms with E-state index in [1.54, 1.807) is 0 Å². The van der Waals surface area contributed by atoms with E-state index in [9.17, 15) is 0 Å². The predicted molar refractivity (Wildman–Crippen MR) is 64.6 cm³/mol. The van der Waals surface area contributed by atoms with Crippen molar-refractivity contribution in [3.8, 4) is 0 Å². The van der Waals surface area contributed by atoms with Crippen molar-refractivity contribution in [1.82, 2.24) is 24.4 Å². The van der Waals surface area contributed by atoms with Gasteiger partial charge in [0, 0.05) is 50.3 Å². The summed E-state index contributed by atoms with van der Waals surface area (Å²) in [5, 5.41) is 3.33. The predicted octanol–water partition coefficient (Wildman–Crippen LogP) is 0.793. The monoisotopic (exact) mass is 231 g/mol. The summed E-state index contributed by atoms with van der Waals surface area (Å²) in [6.45, 7) is 6.02. The molecule has 90 valence electrons. The highest BCUT2D eigenvalue weighted by atomic mass is 15.2. The molecule has 2 aromatic heterocycles. The first-order valence-corrected chi connectivity index (χ1v) is 6.12. The number of rotatable bonds is 3. The van der Waals surface area contributed by atoms with Crippen LogP contribution in [0.5, 0.6) is 0 Å². The van der Waals surface area contributed by atoms with Gasteiger partial charge < -0.3 is 14.5 Å². The molecule has 1 aliphatic rings. The summed E-state index contributed by atoms with van der Waals surface area (Å²) in [5.74, 6) is 2.26. The molecule has 0 bridgehead atoms. The average Bonchev–Trinajstić information content (AvgIpc) is 2.97. The van der Waals surface area contributed by atoms with Crippen LogP contribution in [-0.4, -0.2) is 25.6 Å². The van der Waals surface area contributed by atoms with Crippen molar-refractivity contribution >= 4 is 0 Å². The summed E-state index contributed by atoms with van der Waals surface area (Å²) < 4.78 is 4.49. The molecule has 17 heavy (non-hydrogen) atoms. The van der Waals surface area contributed by atoms with E-state index in [0.717, 1.165) is 44.2 Å². The number of aromatic nitrogens is 4. The van der Waals surface area contributed by atoms with Crippen LogP contribution < -0.4 is 5.32 Å². The van der Waals surface area contributed by atoms with Crippen molar-refractivity contribution in [2.24, 2.45) is 0 Å². The van der Waals surface area contributed by atoms with Gasteiger partial charge in [-0.3, -0.25) is 0 Å². The van der Waals surface area contributed by atoms with Crippen molar-refractivity contribution in [1.29, 1.82) is 0 Å². The number of nitrogens with zero attached hydrogens (tertiary/aromatic N) is 4. The molecule has 0 unspecified atom stereocenters. The zero-order chi connectivity index (χ0) is 11.7. The SMILES string of the molecule is CCn1ccnc1Cc1cnc2n1CCNC2. The minimum Gasteiger partial charge on any atom is -0.335 e. The van der Waals surface area contributed by atoms with Crippen LogP contribution >= 0.6 is 0 Å². The molecule has 5 heteroatoms. The smallest absolute Gasteiger partial charge is 0.122 e. The first-order chi connectivity index (χ1) is 8.38. The molecule has 0 saturated heterocycles. The van der Waals surface area contributed by atoms with Crippen LogP contribution in [0.2, 0.25) is 0 Å². The quantitative estimate of drug-likeness (QED) is 0.849. The standard InChI is InChI=1S/C12H17N5/c1-2-16-5-4-14-11(16)7-10-8-15-12-9-13-3-6-17(10)12/h4-5,8,13H,2-3,6-7,9H2,1H3. The van der Waals surface area contributed by atoms with Gasteiger partial charge in [0.15, 0.2) is 0 Å². The molecule has 0 saturated carbocycles. The zero-order valence-corrected chi connectivity index (χ0v) is 10.1. The molecule has 0 radical (unpaired) electrons. The summed E-state index contributed by atoms with van der Waals surface area (Å²) in [6, 6.07) is 0. The van der Waals surface area contributed by atoms with Gasteiger partial charge in [0.1, 0.15) is 11.6 Å². The fraction of sp³-hybridized carbons (Fsp3) is 0.500. The van der Waals surface area contributed by atoms with E-state index in [-0.39, 0.29) is 0 Å². The lowest BCUT2D eigenvalue weighted by Gasteiger charge is -2.17. The highest BCUT2D eigenvalue weighted by Gasteiger charge is 2.14. The summed E-state index contributed by atoms with van der Waals surface area (Å²) in [5.41, 5.74) is 1.27. The Bertz CT molecular complexity index is 511. The van der Waals surface area contributed by atoms with Crippen LogP contribution in [0, 0.1) is 0 Å². The van der Waals surface area contributed by atoms with Crippen molar-refractivity contribution in [2.75, 3.05) is 6.54 Å². The van der Waals surface area contributed by atoms with Gasteiger partial charge in [-0.2, -0.15) is 0 Å². The number of aryl methyl sites for hydroxylation is 1. The van der Waals surface area contributed by atoms with E-state index in [1.807, 2.05) is 18.6 Å². The Labute approximate surface area is 100 Å². The van der Waals surface area contributed by atoms with Crippen LogP contribution in [0.1, 0.15) is 24.3 Å². The third-order valence-electron chi connectivity index (χ3n) is 3.30. The Kier molecular flexibility index (Phi) is 2.68.